The number of ether oxygens (including phenoxy) is 1. The standard InChI is InChI=1S/C42H68O4Si/c1-5-6-7-8-9-10-12-15-27-36-45-41(44)35-26-17-21-30-38(43)29-20-14-11-13-16-28-37-46-47(42(2,3)4,39-31-22-18-23-32-39)40-33-24-19-25-34-40/h18-19,22-25,31-34H,5-17,20-21,26-30,35-37H2,1-4H3. The highest BCUT2D eigenvalue weighted by molar-refractivity contribution is 6.99. The van der Waals surface area contributed by atoms with E-state index in [9.17, 15) is 9.59 Å². The van der Waals surface area contributed by atoms with Crippen molar-refractivity contribution in [2.75, 3.05) is 13.2 Å². The molecule has 0 fully saturated rings. The summed E-state index contributed by atoms with van der Waals surface area (Å²) in [5.41, 5.74) is 0. The van der Waals surface area contributed by atoms with E-state index in [4.69, 9.17) is 9.16 Å². The Morgan fingerprint density at radius 2 is 0.936 bits per heavy atom. The lowest BCUT2D eigenvalue weighted by Gasteiger charge is -2.43. The van der Waals surface area contributed by atoms with Crippen LogP contribution in [0.25, 0.3) is 0 Å². The highest BCUT2D eigenvalue weighted by Gasteiger charge is 2.49. The topological polar surface area (TPSA) is 52.6 Å². The van der Waals surface area contributed by atoms with Crippen molar-refractivity contribution in [3.05, 3.63) is 60.7 Å². The van der Waals surface area contributed by atoms with Crippen LogP contribution in [0, 0.1) is 0 Å². The molecule has 0 aliphatic rings. The molecule has 2 aromatic rings. The molecule has 0 heterocycles. The highest BCUT2D eigenvalue weighted by Crippen LogP contribution is 2.36. The number of carbonyl (C=O) groups is 2. The van der Waals surface area contributed by atoms with Gasteiger partial charge in [0.25, 0.3) is 8.32 Å². The molecular weight excluding hydrogens is 597 g/mol. The SMILES string of the molecule is CCCCCCCCCCCOC(=O)CCCCCC(=O)CCCCCCCCO[Si](c1ccccc1)(c1ccccc1)C(C)(C)C. The monoisotopic (exact) mass is 664 g/mol. The van der Waals surface area contributed by atoms with Gasteiger partial charge in [-0.05, 0) is 47.5 Å². The van der Waals surface area contributed by atoms with Crippen LogP contribution in [0.5, 0.6) is 0 Å². The van der Waals surface area contributed by atoms with E-state index in [1.165, 1.54) is 68.2 Å². The van der Waals surface area contributed by atoms with E-state index >= 15 is 0 Å². The fourth-order valence-corrected chi connectivity index (χ4v) is 11.3. The molecule has 0 saturated carbocycles. The van der Waals surface area contributed by atoms with Crippen molar-refractivity contribution in [2.24, 2.45) is 0 Å². The normalized spacial score (nSPS) is 11.9. The minimum atomic E-state index is -2.44. The van der Waals surface area contributed by atoms with E-state index in [1.807, 2.05) is 0 Å². The Bertz CT molecular complexity index is 1020. The number of hydrogen-bond acceptors (Lipinski definition) is 4. The van der Waals surface area contributed by atoms with Crippen LogP contribution >= 0.6 is 0 Å². The summed E-state index contributed by atoms with van der Waals surface area (Å²) < 4.78 is 12.4. The number of esters is 1. The summed E-state index contributed by atoms with van der Waals surface area (Å²) in [6, 6.07) is 21.7. The third-order valence-corrected chi connectivity index (χ3v) is 14.5. The van der Waals surface area contributed by atoms with Crippen molar-refractivity contribution in [1.82, 2.24) is 0 Å². The van der Waals surface area contributed by atoms with Crippen LogP contribution < -0.4 is 10.4 Å². The van der Waals surface area contributed by atoms with Gasteiger partial charge in [-0.3, -0.25) is 9.59 Å². The van der Waals surface area contributed by atoms with Gasteiger partial charge < -0.3 is 9.16 Å². The predicted molar refractivity (Wildman–Crippen MR) is 202 cm³/mol. The molecule has 0 amide bonds. The Balaban J connectivity index is 1.49. The van der Waals surface area contributed by atoms with Crippen molar-refractivity contribution >= 4 is 30.4 Å². The lowest BCUT2D eigenvalue weighted by molar-refractivity contribution is -0.143. The first-order valence-electron chi connectivity index (χ1n) is 19.2. The Morgan fingerprint density at radius 1 is 0.532 bits per heavy atom. The zero-order valence-electron chi connectivity index (χ0n) is 30.7. The maximum absolute atomic E-state index is 12.3. The Hall–Kier alpha value is -2.24. The second-order valence-electron chi connectivity index (χ2n) is 14.5. The smallest absolute Gasteiger partial charge is 0.305 e. The quantitative estimate of drug-likeness (QED) is 0.0516. The maximum Gasteiger partial charge on any atom is 0.305 e. The van der Waals surface area contributed by atoms with Gasteiger partial charge in [-0.25, -0.2) is 0 Å². The van der Waals surface area contributed by atoms with Crippen LogP contribution in [0.15, 0.2) is 60.7 Å². The molecule has 2 aromatic carbocycles. The lowest BCUT2D eigenvalue weighted by Crippen LogP contribution is -2.66. The van der Waals surface area contributed by atoms with E-state index in [1.54, 1.807) is 0 Å². The van der Waals surface area contributed by atoms with Crippen molar-refractivity contribution in [3.63, 3.8) is 0 Å². The van der Waals surface area contributed by atoms with Crippen LogP contribution in [0.4, 0.5) is 0 Å². The van der Waals surface area contributed by atoms with Gasteiger partial charge in [0, 0.05) is 25.9 Å². The molecule has 4 nitrogen and oxygen atoms in total. The van der Waals surface area contributed by atoms with E-state index in [0.29, 0.717) is 31.7 Å². The van der Waals surface area contributed by atoms with Crippen LogP contribution in [-0.2, 0) is 18.8 Å². The molecule has 0 aliphatic carbocycles. The third kappa shape index (κ3) is 16.6. The van der Waals surface area contributed by atoms with Gasteiger partial charge in [-0.1, -0.05) is 172 Å². The molecular formula is C42H68O4Si. The van der Waals surface area contributed by atoms with E-state index in [-0.39, 0.29) is 11.0 Å². The molecule has 0 atom stereocenters. The van der Waals surface area contributed by atoms with Crippen molar-refractivity contribution in [1.29, 1.82) is 0 Å². The van der Waals surface area contributed by atoms with Crippen LogP contribution in [-0.4, -0.2) is 33.3 Å². The molecule has 264 valence electrons. The van der Waals surface area contributed by atoms with E-state index < -0.39 is 8.32 Å². The molecule has 0 aromatic heterocycles. The average molecular weight is 665 g/mol. The number of benzene rings is 2. The number of hydrogen-bond donors (Lipinski definition) is 0. The summed E-state index contributed by atoms with van der Waals surface area (Å²) in [5, 5.41) is 2.69. The third-order valence-electron chi connectivity index (χ3n) is 9.43. The Kier molecular flexibility index (Phi) is 21.6. The maximum atomic E-state index is 12.3. The van der Waals surface area contributed by atoms with Crippen LogP contribution in [0.3, 0.4) is 0 Å². The summed E-state index contributed by atoms with van der Waals surface area (Å²) in [5.74, 6) is 0.294. The second-order valence-corrected chi connectivity index (χ2v) is 18.8. The van der Waals surface area contributed by atoms with Gasteiger partial charge in [0.05, 0.1) is 6.61 Å². The number of carbonyl (C=O) groups excluding carboxylic acids is 2. The molecule has 0 spiro atoms. The second kappa shape index (κ2) is 24.8. The van der Waals surface area contributed by atoms with E-state index in [2.05, 4.69) is 88.4 Å². The predicted octanol–water partition coefficient (Wildman–Crippen LogP) is 10.9. The summed E-state index contributed by atoms with van der Waals surface area (Å²) >= 11 is 0. The molecule has 0 saturated heterocycles. The van der Waals surface area contributed by atoms with Gasteiger partial charge in [-0.15, -0.1) is 0 Å². The first kappa shape index (κ1) is 40.9. The number of Topliss-reactive ketones (excluding diaryl/α,β-unsaturated/α-hetero) is 1. The van der Waals surface area contributed by atoms with Crippen LogP contribution in [0.2, 0.25) is 5.04 Å². The van der Waals surface area contributed by atoms with Crippen LogP contribution in [0.1, 0.15) is 163 Å². The number of rotatable bonds is 28. The molecule has 0 radical (unpaired) electrons. The molecule has 47 heavy (non-hydrogen) atoms. The summed E-state index contributed by atoms with van der Waals surface area (Å²) in [6.07, 6.45) is 22.6. The van der Waals surface area contributed by atoms with Gasteiger partial charge in [0.2, 0.25) is 0 Å². The van der Waals surface area contributed by atoms with Crippen molar-refractivity contribution in [2.45, 2.75) is 168 Å². The minimum absolute atomic E-state index is 0.0142. The molecule has 0 unspecified atom stereocenters. The fourth-order valence-electron chi connectivity index (χ4n) is 6.68. The summed E-state index contributed by atoms with van der Waals surface area (Å²) in [6.45, 7) is 10.6. The molecule has 5 heteroatoms. The Morgan fingerprint density at radius 3 is 1.43 bits per heavy atom. The number of unbranched alkanes of at least 4 members (excludes halogenated alkanes) is 15. The zero-order valence-corrected chi connectivity index (χ0v) is 31.7. The molecule has 0 bridgehead atoms. The van der Waals surface area contributed by atoms with Gasteiger partial charge in [0.15, 0.2) is 0 Å². The van der Waals surface area contributed by atoms with E-state index in [0.717, 1.165) is 64.4 Å². The minimum Gasteiger partial charge on any atom is -0.466 e. The average Bonchev–Trinajstić information content (AvgIpc) is 3.06. The zero-order chi connectivity index (χ0) is 34.1. The fraction of sp³-hybridized carbons (Fsp3) is 0.667. The molecule has 0 aliphatic heterocycles. The van der Waals surface area contributed by atoms with Crippen molar-refractivity contribution in [3.8, 4) is 0 Å². The first-order chi connectivity index (χ1) is 22.8. The van der Waals surface area contributed by atoms with Gasteiger partial charge in [0.1, 0.15) is 5.78 Å². The first-order valence-corrected chi connectivity index (χ1v) is 21.1. The lowest BCUT2D eigenvalue weighted by atomic mass is 10.0. The van der Waals surface area contributed by atoms with Crippen molar-refractivity contribution < 1.29 is 18.8 Å². The summed E-state index contributed by atoms with van der Waals surface area (Å²) in [4.78, 5) is 24.3. The molecule has 2 rings (SSSR count). The Labute approximate surface area is 289 Å². The number of ketones is 1. The summed E-state index contributed by atoms with van der Waals surface area (Å²) in [7, 11) is -2.44. The molecule has 0 N–H and O–H groups in total. The van der Waals surface area contributed by atoms with Gasteiger partial charge in [-0.2, -0.15) is 0 Å². The van der Waals surface area contributed by atoms with Gasteiger partial charge >= 0.3 is 5.97 Å². The highest BCUT2D eigenvalue weighted by atomic mass is 28.4. The largest absolute Gasteiger partial charge is 0.466 e.